The highest BCUT2D eigenvalue weighted by Gasteiger charge is 2.32. The van der Waals surface area contributed by atoms with Crippen LogP contribution in [-0.4, -0.2) is 29.6 Å². The van der Waals surface area contributed by atoms with Crippen molar-refractivity contribution in [1.82, 2.24) is 5.32 Å². The number of amides is 2. The molecule has 0 saturated carbocycles. The molecule has 174 valence electrons. The summed E-state index contributed by atoms with van der Waals surface area (Å²) in [6.45, 7) is 2.36. The summed E-state index contributed by atoms with van der Waals surface area (Å²) in [7, 11) is 0. The van der Waals surface area contributed by atoms with E-state index in [1.54, 1.807) is 12.1 Å². The van der Waals surface area contributed by atoms with E-state index < -0.39 is 17.3 Å². The third kappa shape index (κ3) is 6.05. The Morgan fingerprint density at radius 2 is 1.71 bits per heavy atom. The second-order valence-corrected chi connectivity index (χ2v) is 9.35. The first-order chi connectivity index (χ1) is 16.5. The monoisotopic (exact) mass is 474 g/mol. The van der Waals surface area contributed by atoms with Gasteiger partial charge in [-0.2, -0.15) is 0 Å². The van der Waals surface area contributed by atoms with Gasteiger partial charge in [-0.05, 0) is 31.0 Å². The first kappa shape index (κ1) is 23.6. The van der Waals surface area contributed by atoms with Crippen LogP contribution in [0.5, 0.6) is 0 Å². The van der Waals surface area contributed by atoms with Crippen molar-refractivity contribution in [3.63, 3.8) is 0 Å². The zero-order valence-corrected chi connectivity index (χ0v) is 19.6. The summed E-state index contributed by atoms with van der Waals surface area (Å²) < 4.78 is 5.64. The number of hydrogen-bond acceptors (Lipinski definition) is 5. The number of esters is 1. The molecule has 0 fully saturated rings. The molecule has 0 bridgehead atoms. The van der Waals surface area contributed by atoms with Crippen molar-refractivity contribution in [3.8, 4) is 0 Å². The van der Waals surface area contributed by atoms with E-state index in [0.29, 0.717) is 18.5 Å². The third-order valence-electron chi connectivity index (χ3n) is 5.48. The summed E-state index contributed by atoms with van der Waals surface area (Å²) in [5.74, 6) is -1.24. The number of para-hydroxylation sites is 1. The Morgan fingerprint density at radius 1 is 1.00 bits per heavy atom. The zero-order valence-electron chi connectivity index (χ0n) is 18.8. The van der Waals surface area contributed by atoms with Gasteiger partial charge in [-0.15, -0.1) is 11.8 Å². The largest absolute Gasteiger partial charge is 0.447 e. The molecule has 1 aliphatic rings. The van der Waals surface area contributed by atoms with Crippen LogP contribution >= 0.6 is 11.8 Å². The van der Waals surface area contributed by atoms with Gasteiger partial charge in [0.15, 0.2) is 0 Å². The summed E-state index contributed by atoms with van der Waals surface area (Å²) in [4.78, 5) is 39.2. The van der Waals surface area contributed by atoms with E-state index in [2.05, 4.69) is 10.6 Å². The third-order valence-corrected chi connectivity index (χ3v) is 6.76. The smallest absolute Gasteiger partial charge is 0.308 e. The molecule has 3 aromatic rings. The Hall–Kier alpha value is -3.58. The zero-order chi connectivity index (χ0) is 23.9. The van der Waals surface area contributed by atoms with Crippen LogP contribution in [0.4, 0.5) is 5.69 Å². The molecule has 4 rings (SSSR count). The van der Waals surface area contributed by atoms with Crippen molar-refractivity contribution in [3.05, 3.63) is 95.6 Å². The molecular weight excluding hydrogens is 448 g/mol. The number of fused-ring (bicyclic) bond motifs is 1. The van der Waals surface area contributed by atoms with Gasteiger partial charge in [-0.3, -0.25) is 14.4 Å². The first-order valence-electron chi connectivity index (χ1n) is 11.1. The van der Waals surface area contributed by atoms with E-state index in [0.717, 1.165) is 21.7 Å². The van der Waals surface area contributed by atoms with E-state index >= 15 is 0 Å². The summed E-state index contributed by atoms with van der Waals surface area (Å²) >= 11 is 1.32. The quantitative estimate of drug-likeness (QED) is 0.472. The van der Waals surface area contributed by atoms with Crippen molar-refractivity contribution in [2.24, 2.45) is 0 Å². The van der Waals surface area contributed by atoms with Gasteiger partial charge in [0.25, 0.3) is 5.91 Å². The van der Waals surface area contributed by atoms with Gasteiger partial charge in [0, 0.05) is 17.0 Å². The first-order valence-corrected chi connectivity index (χ1v) is 12.0. The number of thioether (sulfide) groups is 1. The number of carbonyl (C=O) groups is 3. The van der Waals surface area contributed by atoms with Gasteiger partial charge >= 0.3 is 5.97 Å². The molecule has 0 radical (unpaired) electrons. The number of rotatable bonds is 8. The van der Waals surface area contributed by atoms with Gasteiger partial charge in [0.1, 0.15) is 0 Å². The fraction of sp³-hybridized carbons (Fsp3) is 0.222. The lowest BCUT2D eigenvalue weighted by atomic mass is 10.1. The molecule has 7 heteroatoms. The Labute approximate surface area is 203 Å². The lowest BCUT2D eigenvalue weighted by molar-refractivity contribution is -0.156. The molecule has 2 atom stereocenters. The molecule has 0 unspecified atom stereocenters. The van der Waals surface area contributed by atoms with Crippen LogP contribution in [-0.2, 0) is 25.5 Å². The Bertz CT molecular complexity index is 1160. The van der Waals surface area contributed by atoms with Gasteiger partial charge in [0.2, 0.25) is 12.0 Å². The molecule has 6 nitrogen and oxygen atoms in total. The molecule has 0 spiro atoms. The minimum absolute atomic E-state index is 0.134. The maximum Gasteiger partial charge on any atom is 0.308 e. The van der Waals surface area contributed by atoms with Crippen molar-refractivity contribution in [2.75, 3.05) is 11.9 Å². The van der Waals surface area contributed by atoms with Crippen molar-refractivity contribution >= 4 is 35.2 Å². The number of nitrogens with one attached hydrogen (secondary N) is 2. The molecule has 0 aliphatic carbocycles. The topological polar surface area (TPSA) is 84.5 Å². The fourth-order valence-electron chi connectivity index (χ4n) is 3.64. The molecule has 0 saturated heterocycles. The lowest BCUT2D eigenvalue weighted by Gasteiger charge is -2.24. The van der Waals surface area contributed by atoms with Crippen LogP contribution in [0.25, 0.3) is 0 Å². The summed E-state index contributed by atoms with van der Waals surface area (Å²) in [5, 5.41) is 5.08. The van der Waals surface area contributed by atoms with E-state index in [4.69, 9.17) is 4.74 Å². The van der Waals surface area contributed by atoms with E-state index in [-0.39, 0.29) is 18.2 Å². The van der Waals surface area contributed by atoms with E-state index in [9.17, 15) is 14.4 Å². The van der Waals surface area contributed by atoms with Crippen molar-refractivity contribution in [1.29, 1.82) is 0 Å². The highest BCUT2D eigenvalue weighted by Crippen LogP contribution is 2.37. The molecule has 2 amide bonds. The average molecular weight is 475 g/mol. The molecule has 3 aromatic carbocycles. The lowest BCUT2D eigenvalue weighted by Crippen LogP contribution is -2.35. The Balaban J connectivity index is 1.41. The second-order valence-electron chi connectivity index (χ2n) is 8.10. The number of anilines is 1. The van der Waals surface area contributed by atoms with Gasteiger partial charge in [0.05, 0.1) is 17.4 Å². The standard InChI is InChI=1S/C27H26N2O4S/c1-18-11-13-20(14-12-18)25(27(32)28-16-15-19-7-3-2-4-8-19)33-24(30)17-23-26(31)29-21-9-5-6-10-22(21)34-23/h2-14,23,25H,15-17H2,1H3,(H,28,32)(H,29,31)/t23-,25-/m1/s1. The predicted molar refractivity (Wildman–Crippen MR) is 133 cm³/mol. The number of ether oxygens (including phenoxy) is 1. The van der Waals surface area contributed by atoms with Gasteiger partial charge < -0.3 is 15.4 Å². The van der Waals surface area contributed by atoms with Crippen LogP contribution in [0.3, 0.4) is 0 Å². The van der Waals surface area contributed by atoms with Crippen molar-refractivity contribution < 1.29 is 19.1 Å². The summed E-state index contributed by atoms with van der Waals surface area (Å²) in [5.41, 5.74) is 3.46. The minimum Gasteiger partial charge on any atom is -0.447 e. The minimum atomic E-state index is -1.09. The molecular formula is C27H26N2O4S. The summed E-state index contributed by atoms with van der Waals surface area (Å²) in [6.07, 6.45) is -0.558. The SMILES string of the molecule is Cc1ccc([C@@H](OC(=O)C[C@H]2Sc3ccccc3NC2=O)C(=O)NCCc2ccccc2)cc1. The molecule has 1 aliphatic heterocycles. The van der Waals surface area contributed by atoms with E-state index in [1.165, 1.54) is 11.8 Å². The molecule has 0 aromatic heterocycles. The highest BCUT2D eigenvalue weighted by atomic mass is 32.2. The molecule has 2 N–H and O–H groups in total. The number of aryl methyl sites for hydroxylation is 1. The number of hydrogen-bond donors (Lipinski definition) is 2. The van der Waals surface area contributed by atoms with Crippen LogP contribution in [0.15, 0.2) is 83.8 Å². The van der Waals surface area contributed by atoms with Crippen LogP contribution in [0.1, 0.15) is 29.2 Å². The maximum absolute atomic E-state index is 13.0. The van der Waals surface area contributed by atoms with E-state index in [1.807, 2.05) is 73.7 Å². The van der Waals surface area contributed by atoms with Crippen LogP contribution in [0.2, 0.25) is 0 Å². The normalized spacial score (nSPS) is 15.6. The highest BCUT2D eigenvalue weighted by molar-refractivity contribution is 8.01. The average Bonchev–Trinajstić information content (AvgIpc) is 2.84. The number of carbonyl (C=O) groups excluding carboxylic acids is 3. The molecule has 34 heavy (non-hydrogen) atoms. The Morgan fingerprint density at radius 3 is 2.47 bits per heavy atom. The van der Waals surface area contributed by atoms with Gasteiger partial charge in [-0.1, -0.05) is 72.3 Å². The number of benzene rings is 3. The fourth-order valence-corrected chi connectivity index (χ4v) is 4.73. The van der Waals surface area contributed by atoms with Gasteiger partial charge in [-0.25, -0.2) is 0 Å². The second kappa shape index (κ2) is 11.0. The maximum atomic E-state index is 13.0. The molecule has 1 heterocycles. The summed E-state index contributed by atoms with van der Waals surface area (Å²) in [6, 6.07) is 24.6. The van der Waals surface area contributed by atoms with Crippen LogP contribution in [0, 0.1) is 6.92 Å². The Kier molecular flexibility index (Phi) is 7.65. The van der Waals surface area contributed by atoms with Crippen molar-refractivity contribution in [2.45, 2.75) is 36.0 Å². The van der Waals surface area contributed by atoms with Crippen LogP contribution < -0.4 is 10.6 Å². The predicted octanol–water partition coefficient (Wildman–Crippen LogP) is 4.44.